The Morgan fingerprint density at radius 3 is 2.61 bits per heavy atom. The number of esters is 1. The van der Waals surface area contributed by atoms with Gasteiger partial charge in [-0.3, -0.25) is 4.79 Å². The Morgan fingerprint density at radius 2 is 2.00 bits per heavy atom. The van der Waals surface area contributed by atoms with Crippen molar-refractivity contribution in [3.8, 4) is 0 Å². The SMILES string of the molecule is CCCCOC(=O)c1ccc2c(c1)C(NC(=O)OC(C)C)CC(C)N2C(C)=O. The predicted octanol–water partition coefficient (Wildman–Crippen LogP) is 3.96. The van der Waals surface area contributed by atoms with Gasteiger partial charge in [-0.2, -0.15) is 0 Å². The number of benzene rings is 1. The second-order valence-electron chi connectivity index (χ2n) is 7.39. The zero-order valence-corrected chi connectivity index (χ0v) is 17.3. The van der Waals surface area contributed by atoms with Gasteiger partial charge in [0.15, 0.2) is 0 Å². The lowest BCUT2D eigenvalue weighted by Gasteiger charge is -2.39. The van der Waals surface area contributed by atoms with Crippen LogP contribution in [0.4, 0.5) is 10.5 Å². The van der Waals surface area contributed by atoms with E-state index in [1.165, 1.54) is 6.92 Å². The van der Waals surface area contributed by atoms with Gasteiger partial charge >= 0.3 is 12.1 Å². The summed E-state index contributed by atoms with van der Waals surface area (Å²) in [6.07, 6.45) is 1.50. The van der Waals surface area contributed by atoms with Gasteiger partial charge in [0, 0.05) is 18.7 Å². The van der Waals surface area contributed by atoms with E-state index in [9.17, 15) is 14.4 Å². The van der Waals surface area contributed by atoms with Gasteiger partial charge in [-0.1, -0.05) is 13.3 Å². The standard InChI is InChI=1S/C21H30N2O5/c1-6-7-10-27-20(25)16-8-9-19-17(12-16)18(22-21(26)28-13(2)3)11-14(4)23(19)15(5)24/h8-9,12-14,18H,6-7,10-11H2,1-5H3,(H,22,26). The molecule has 1 N–H and O–H groups in total. The number of nitrogens with one attached hydrogen (secondary N) is 1. The van der Waals surface area contributed by atoms with E-state index in [0.717, 1.165) is 12.8 Å². The molecule has 7 heteroatoms. The lowest BCUT2D eigenvalue weighted by atomic mass is 9.90. The molecule has 2 rings (SSSR count). The molecule has 0 radical (unpaired) electrons. The average molecular weight is 390 g/mol. The number of carbonyl (C=O) groups excluding carboxylic acids is 3. The highest BCUT2D eigenvalue weighted by Gasteiger charge is 2.34. The van der Waals surface area contributed by atoms with Gasteiger partial charge in [-0.25, -0.2) is 9.59 Å². The van der Waals surface area contributed by atoms with E-state index in [1.54, 1.807) is 36.9 Å². The number of nitrogens with zero attached hydrogens (tertiary/aromatic N) is 1. The molecule has 2 atom stereocenters. The number of hydrogen-bond acceptors (Lipinski definition) is 5. The quantitative estimate of drug-likeness (QED) is 0.587. The van der Waals surface area contributed by atoms with Crippen molar-refractivity contribution < 1.29 is 23.9 Å². The molecular formula is C21H30N2O5. The molecule has 1 aliphatic rings. The molecule has 0 saturated heterocycles. The molecule has 7 nitrogen and oxygen atoms in total. The number of carbonyl (C=O) groups is 3. The van der Waals surface area contributed by atoms with Crippen LogP contribution in [0.1, 0.15) is 75.8 Å². The first-order valence-corrected chi connectivity index (χ1v) is 9.82. The number of amides is 2. The van der Waals surface area contributed by atoms with Gasteiger partial charge in [0.2, 0.25) is 5.91 Å². The summed E-state index contributed by atoms with van der Waals surface area (Å²) in [5.74, 6) is -0.497. The molecule has 0 saturated carbocycles. The van der Waals surface area contributed by atoms with Crippen molar-refractivity contribution in [3.05, 3.63) is 29.3 Å². The van der Waals surface area contributed by atoms with Crippen molar-refractivity contribution in [1.29, 1.82) is 0 Å². The fourth-order valence-electron chi connectivity index (χ4n) is 3.39. The Morgan fingerprint density at radius 1 is 1.29 bits per heavy atom. The molecule has 28 heavy (non-hydrogen) atoms. The highest BCUT2D eigenvalue weighted by atomic mass is 16.6. The lowest BCUT2D eigenvalue weighted by molar-refractivity contribution is -0.117. The summed E-state index contributed by atoms with van der Waals surface area (Å²) < 4.78 is 10.5. The van der Waals surface area contributed by atoms with Crippen LogP contribution in [0, 0.1) is 0 Å². The zero-order chi connectivity index (χ0) is 20.8. The summed E-state index contributed by atoms with van der Waals surface area (Å²) in [6.45, 7) is 9.38. The molecule has 1 aromatic carbocycles. The topological polar surface area (TPSA) is 84.9 Å². The Labute approximate surface area is 166 Å². The summed E-state index contributed by atoms with van der Waals surface area (Å²) in [4.78, 5) is 38.3. The minimum Gasteiger partial charge on any atom is -0.462 e. The van der Waals surface area contributed by atoms with Crippen LogP contribution in [-0.4, -0.2) is 36.7 Å². The first-order chi connectivity index (χ1) is 13.2. The highest BCUT2D eigenvalue weighted by molar-refractivity contribution is 5.96. The third kappa shape index (κ3) is 5.24. The number of rotatable bonds is 6. The summed E-state index contributed by atoms with van der Waals surface area (Å²) >= 11 is 0. The van der Waals surface area contributed by atoms with E-state index in [1.807, 2.05) is 13.8 Å². The van der Waals surface area contributed by atoms with Crippen molar-refractivity contribution in [2.45, 2.75) is 72.1 Å². The Bertz CT molecular complexity index is 732. The number of unbranched alkanes of at least 4 members (excludes halogenated alkanes) is 1. The molecule has 2 amide bonds. The van der Waals surface area contributed by atoms with Crippen LogP contribution in [0.3, 0.4) is 0 Å². The van der Waals surface area contributed by atoms with E-state index < -0.39 is 12.1 Å². The third-order valence-electron chi connectivity index (χ3n) is 4.62. The predicted molar refractivity (Wildman–Crippen MR) is 106 cm³/mol. The van der Waals surface area contributed by atoms with E-state index in [0.29, 0.717) is 29.8 Å². The van der Waals surface area contributed by atoms with Crippen LogP contribution in [0.2, 0.25) is 0 Å². The van der Waals surface area contributed by atoms with Crippen LogP contribution >= 0.6 is 0 Å². The number of alkyl carbamates (subject to hydrolysis) is 1. The van der Waals surface area contributed by atoms with E-state index in [-0.39, 0.29) is 24.1 Å². The smallest absolute Gasteiger partial charge is 0.407 e. The number of hydrogen-bond donors (Lipinski definition) is 1. The van der Waals surface area contributed by atoms with Crippen LogP contribution < -0.4 is 10.2 Å². The molecule has 0 aliphatic carbocycles. The fraction of sp³-hybridized carbons (Fsp3) is 0.571. The minimum absolute atomic E-state index is 0.0878. The minimum atomic E-state index is -0.523. The van der Waals surface area contributed by atoms with Crippen LogP contribution in [0.25, 0.3) is 0 Å². The summed E-state index contributed by atoms with van der Waals surface area (Å²) in [5, 5.41) is 2.86. The van der Waals surface area contributed by atoms with Crippen molar-refractivity contribution in [2.75, 3.05) is 11.5 Å². The molecule has 154 valence electrons. The second kappa shape index (κ2) is 9.57. The summed E-state index contributed by atoms with van der Waals surface area (Å²) in [7, 11) is 0. The van der Waals surface area contributed by atoms with Gasteiger partial charge in [0.1, 0.15) is 0 Å². The maximum Gasteiger partial charge on any atom is 0.407 e. The first kappa shape index (κ1) is 21.7. The van der Waals surface area contributed by atoms with Crippen LogP contribution in [0.15, 0.2) is 18.2 Å². The number of ether oxygens (including phenoxy) is 2. The van der Waals surface area contributed by atoms with Crippen LogP contribution in [0.5, 0.6) is 0 Å². The number of anilines is 1. The molecule has 0 fully saturated rings. The third-order valence-corrected chi connectivity index (χ3v) is 4.62. The first-order valence-electron chi connectivity index (χ1n) is 9.82. The molecule has 1 aliphatic heterocycles. The molecule has 1 aromatic rings. The van der Waals surface area contributed by atoms with E-state index >= 15 is 0 Å². The van der Waals surface area contributed by atoms with Gasteiger partial charge in [0.25, 0.3) is 0 Å². The maximum absolute atomic E-state index is 12.3. The maximum atomic E-state index is 12.3. The molecule has 0 spiro atoms. The molecule has 2 unspecified atom stereocenters. The Balaban J connectivity index is 2.34. The Kier molecular flexibility index (Phi) is 7.43. The van der Waals surface area contributed by atoms with Gasteiger partial charge < -0.3 is 19.7 Å². The van der Waals surface area contributed by atoms with E-state index in [4.69, 9.17) is 9.47 Å². The molecule has 0 aromatic heterocycles. The lowest BCUT2D eigenvalue weighted by Crippen LogP contribution is -2.45. The Hall–Kier alpha value is -2.57. The largest absolute Gasteiger partial charge is 0.462 e. The molecule has 0 bridgehead atoms. The molecular weight excluding hydrogens is 360 g/mol. The van der Waals surface area contributed by atoms with Crippen molar-refractivity contribution >= 4 is 23.7 Å². The van der Waals surface area contributed by atoms with Crippen molar-refractivity contribution in [2.24, 2.45) is 0 Å². The van der Waals surface area contributed by atoms with Gasteiger partial charge in [-0.15, -0.1) is 0 Å². The average Bonchev–Trinajstić information content (AvgIpc) is 2.60. The number of fused-ring (bicyclic) bond motifs is 1. The van der Waals surface area contributed by atoms with E-state index in [2.05, 4.69) is 5.32 Å². The van der Waals surface area contributed by atoms with Crippen molar-refractivity contribution in [1.82, 2.24) is 5.32 Å². The summed E-state index contributed by atoms with van der Waals surface area (Å²) in [6, 6.07) is 4.63. The summed E-state index contributed by atoms with van der Waals surface area (Å²) in [5.41, 5.74) is 1.79. The van der Waals surface area contributed by atoms with Crippen LogP contribution in [-0.2, 0) is 14.3 Å². The van der Waals surface area contributed by atoms with Crippen molar-refractivity contribution in [3.63, 3.8) is 0 Å². The monoisotopic (exact) mass is 390 g/mol. The fourth-order valence-corrected chi connectivity index (χ4v) is 3.39. The normalized spacial score (nSPS) is 18.4. The zero-order valence-electron chi connectivity index (χ0n) is 17.3. The van der Waals surface area contributed by atoms with Gasteiger partial charge in [-0.05, 0) is 57.4 Å². The second-order valence-corrected chi connectivity index (χ2v) is 7.39. The van der Waals surface area contributed by atoms with Gasteiger partial charge in [0.05, 0.1) is 24.3 Å². The molecule has 1 heterocycles. The highest BCUT2D eigenvalue weighted by Crippen LogP contribution is 2.38.